The van der Waals surface area contributed by atoms with Gasteiger partial charge < -0.3 is 9.47 Å². The zero-order valence-electron chi connectivity index (χ0n) is 16.3. The van der Waals surface area contributed by atoms with Gasteiger partial charge in [0.2, 0.25) is 11.6 Å². The van der Waals surface area contributed by atoms with Crippen LogP contribution in [0.3, 0.4) is 0 Å². The van der Waals surface area contributed by atoms with E-state index >= 15 is 0 Å². The lowest BCUT2D eigenvalue weighted by Crippen LogP contribution is -2.46. The Labute approximate surface area is 177 Å². The lowest BCUT2D eigenvalue weighted by molar-refractivity contribution is -0.169. The van der Waals surface area contributed by atoms with Crippen LogP contribution in [0, 0.1) is 63.6 Å². The van der Waals surface area contributed by atoms with Crippen LogP contribution in [0.25, 0.3) is 0 Å². The highest BCUT2D eigenvalue weighted by molar-refractivity contribution is 6.00. The van der Waals surface area contributed by atoms with Crippen LogP contribution in [-0.2, 0) is 31.9 Å². The van der Waals surface area contributed by atoms with Crippen molar-refractivity contribution in [3.63, 3.8) is 0 Å². The van der Waals surface area contributed by atoms with Gasteiger partial charge in [0.05, 0.1) is 14.2 Å². The molecular formula is C19H10F10O4. The van der Waals surface area contributed by atoms with Crippen LogP contribution in [0.15, 0.2) is 0 Å². The molecule has 0 heterocycles. The molecule has 0 aromatic heterocycles. The average molecular weight is 492 g/mol. The molecule has 180 valence electrons. The highest BCUT2D eigenvalue weighted by Gasteiger charge is 2.52. The number of hydrogen-bond donors (Lipinski definition) is 0. The van der Waals surface area contributed by atoms with E-state index in [2.05, 4.69) is 9.47 Å². The summed E-state index contributed by atoms with van der Waals surface area (Å²) in [5, 5.41) is 0. The second-order valence-corrected chi connectivity index (χ2v) is 6.52. The topological polar surface area (TPSA) is 52.6 Å². The lowest BCUT2D eigenvalue weighted by Gasteiger charge is -2.29. The van der Waals surface area contributed by atoms with Crippen LogP contribution in [0.1, 0.15) is 11.1 Å². The Morgan fingerprint density at radius 3 is 0.939 bits per heavy atom. The van der Waals surface area contributed by atoms with Crippen molar-refractivity contribution in [2.45, 2.75) is 12.8 Å². The number of rotatable bonds is 6. The van der Waals surface area contributed by atoms with Crippen molar-refractivity contribution in [1.29, 1.82) is 0 Å². The summed E-state index contributed by atoms with van der Waals surface area (Å²) in [6, 6.07) is 0. The first-order valence-corrected chi connectivity index (χ1v) is 8.44. The van der Waals surface area contributed by atoms with E-state index in [-0.39, 0.29) is 0 Å². The fraction of sp³-hybridized carbons (Fsp3) is 0.263. The molecule has 2 aromatic rings. The Kier molecular flexibility index (Phi) is 7.29. The normalized spacial score (nSPS) is 11.5. The standard InChI is InChI=1S/C19H10F10O4/c1-32-17(30)19(18(31)33-2,3-5-7(20)11(24)15(28)12(25)8(5)21)4-6-9(22)13(26)16(29)14(27)10(6)23/h3-4H2,1-2H3. The summed E-state index contributed by atoms with van der Waals surface area (Å²) in [4.78, 5) is 24.9. The van der Waals surface area contributed by atoms with Crippen molar-refractivity contribution in [2.24, 2.45) is 5.41 Å². The van der Waals surface area contributed by atoms with Crippen LogP contribution in [-0.4, -0.2) is 26.2 Å². The molecule has 2 aromatic carbocycles. The van der Waals surface area contributed by atoms with E-state index in [9.17, 15) is 53.5 Å². The van der Waals surface area contributed by atoms with Crippen LogP contribution < -0.4 is 0 Å². The number of halogens is 10. The first-order valence-electron chi connectivity index (χ1n) is 8.44. The highest BCUT2D eigenvalue weighted by Crippen LogP contribution is 2.37. The van der Waals surface area contributed by atoms with Crippen molar-refractivity contribution in [3.05, 3.63) is 69.3 Å². The second kappa shape index (κ2) is 9.27. The summed E-state index contributed by atoms with van der Waals surface area (Å²) >= 11 is 0. The zero-order chi connectivity index (χ0) is 25.4. The molecule has 0 saturated carbocycles. The van der Waals surface area contributed by atoms with E-state index in [1.807, 2.05) is 0 Å². The van der Waals surface area contributed by atoms with Crippen molar-refractivity contribution >= 4 is 11.9 Å². The molecule has 0 saturated heterocycles. The quantitative estimate of drug-likeness (QED) is 0.200. The predicted molar refractivity (Wildman–Crippen MR) is 86.3 cm³/mol. The molecule has 0 amide bonds. The van der Waals surface area contributed by atoms with E-state index in [4.69, 9.17) is 0 Å². The van der Waals surface area contributed by atoms with E-state index < -0.39 is 99.5 Å². The van der Waals surface area contributed by atoms with Crippen molar-refractivity contribution in [1.82, 2.24) is 0 Å². The number of methoxy groups -OCH3 is 2. The van der Waals surface area contributed by atoms with Gasteiger partial charge in [0.1, 0.15) is 0 Å². The fourth-order valence-electron chi connectivity index (χ4n) is 3.04. The van der Waals surface area contributed by atoms with Crippen LogP contribution in [0.4, 0.5) is 43.9 Å². The minimum absolute atomic E-state index is 0.553. The molecule has 33 heavy (non-hydrogen) atoms. The molecule has 0 spiro atoms. The lowest BCUT2D eigenvalue weighted by atomic mass is 9.75. The number of carbonyl (C=O) groups excluding carboxylic acids is 2. The largest absolute Gasteiger partial charge is 0.468 e. The van der Waals surface area contributed by atoms with Gasteiger partial charge in [-0.25, -0.2) is 43.9 Å². The molecule has 0 atom stereocenters. The Bertz CT molecular complexity index is 1000. The van der Waals surface area contributed by atoms with Crippen LogP contribution >= 0.6 is 0 Å². The van der Waals surface area contributed by atoms with Crippen molar-refractivity contribution in [3.8, 4) is 0 Å². The smallest absolute Gasteiger partial charge is 0.323 e. The minimum Gasteiger partial charge on any atom is -0.468 e. The average Bonchev–Trinajstić information content (AvgIpc) is 2.81. The Morgan fingerprint density at radius 2 is 0.727 bits per heavy atom. The molecule has 0 aliphatic rings. The highest BCUT2D eigenvalue weighted by atomic mass is 19.2. The molecule has 14 heteroatoms. The number of hydrogen-bond acceptors (Lipinski definition) is 4. The summed E-state index contributed by atoms with van der Waals surface area (Å²) < 4.78 is 146. The number of esters is 2. The molecule has 0 aliphatic heterocycles. The summed E-state index contributed by atoms with van der Waals surface area (Å²) in [7, 11) is 1.11. The predicted octanol–water partition coefficient (Wildman–Crippen LogP) is 4.20. The summed E-state index contributed by atoms with van der Waals surface area (Å²) in [5.74, 6) is -29.1. The molecule has 0 aliphatic carbocycles. The Hall–Kier alpha value is -3.32. The van der Waals surface area contributed by atoms with Gasteiger partial charge >= 0.3 is 11.9 Å². The van der Waals surface area contributed by atoms with Gasteiger partial charge in [-0.3, -0.25) is 9.59 Å². The van der Waals surface area contributed by atoms with Crippen LogP contribution in [0.5, 0.6) is 0 Å². The zero-order valence-corrected chi connectivity index (χ0v) is 16.3. The van der Waals surface area contributed by atoms with Gasteiger partial charge in [-0.2, -0.15) is 0 Å². The first-order chi connectivity index (χ1) is 15.3. The van der Waals surface area contributed by atoms with E-state index in [1.54, 1.807) is 0 Å². The van der Waals surface area contributed by atoms with Gasteiger partial charge in [0, 0.05) is 24.0 Å². The molecular weight excluding hydrogens is 482 g/mol. The number of ether oxygens (including phenoxy) is 2. The molecule has 2 rings (SSSR count). The number of benzene rings is 2. The molecule has 0 fully saturated rings. The monoisotopic (exact) mass is 492 g/mol. The van der Waals surface area contributed by atoms with Crippen molar-refractivity contribution in [2.75, 3.05) is 14.2 Å². The third-order valence-corrected chi connectivity index (χ3v) is 4.71. The molecule has 0 unspecified atom stereocenters. The second-order valence-electron chi connectivity index (χ2n) is 6.52. The third-order valence-electron chi connectivity index (χ3n) is 4.71. The molecule has 4 nitrogen and oxygen atoms in total. The summed E-state index contributed by atoms with van der Waals surface area (Å²) in [6.07, 6.45) is -3.67. The van der Waals surface area contributed by atoms with E-state index in [0.29, 0.717) is 14.2 Å². The van der Waals surface area contributed by atoms with Gasteiger partial charge in [-0.15, -0.1) is 0 Å². The maximum Gasteiger partial charge on any atom is 0.323 e. The van der Waals surface area contributed by atoms with Gasteiger partial charge in [-0.05, 0) is 0 Å². The number of carbonyl (C=O) groups is 2. The third kappa shape index (κ3) is 4.09. The SMILES string of the molecule is COC(=O)C(Cc1c(F)c(F)c(F)c(F)c1F)(Cc1c(F)c(F)c(F)c(F)c1F)C(=O)OC. The van der Waals surface area contributed by atoms with Gasteiger partial charge in [-0.1, -0.05) is 0 Å². The molecule has 0 radical (unpaired) electrons. The molecule has 0 N–H and O–H groups in total. The van der Waals surface area contributed by atoms with Gasteiger partial charge in [0.15, 0.2) is 52.0 Å². The minimum atomic E-state index is -3.35. The Balaban J connectivity index is 2.88. The maximum absolute atomic E-state index is 14.2. The van der Waals surface area contributed by atoms with Crippen molar-refractivity contribution < 1.29 is 63.0 Å². The molecule has 0 bridgehead atoms. The summed E-state index contributed by atoms with van der Waals surface area (Å²) in [5.41, 5.74) is -6.97. The fourth-order valence-corrected chi connectivity index (χ4v) is 3.04. The Morgan fingerprint density at radius 1 is 0.515 bits per heavy atom. The van der Waals surface area contributed by atoms with Gasteiger partial charge in [0.25, 0.3) is 0 Å². The van der Waals surface area contributed by atoms with Crippen LogP contribution in [0.2, 0.25) is 0 Å². The first kappa shape index (κ1) is 25.9. The van der Waals surface area contributed by atoms with E-state index in [0.717, 1.165) is 0 Å². The summed E-state index contributed by atoms with van der Waals surface area (Å²) in [6.45, 7) is 0. The maximum atomic E-state index is 14.2. The van der Waals surface area contributed by atoms with E-state index in [1.165, 1.54) is 0 Å².